The number of carbonyl (C=O) groups is 2. The molecule has 0 aliphatic carbocycles. The van der Waals surface area contributed by atoms with Gasteiger partial charge in [0, 0.05) is 5.39 Å². The molecule has 5 nitrogen and oxygen atoms in total. The maximum Gasteiger partial charge on any atom is 0.416 e. The van der Waals surface area contributed by atoms with Gasteiger partial charge in [-0.2, -0.15) is 13.2 Å². The fourth-order valence-corrected chi connectivity index (χ4v) is 4.40. The van der Waals surface area contributed by atoms with E-state index in [1.165, 1.54) is 18.3 Å². The summed E-state index contributed by atoms with van der Waals surface area (Å²) in [7, 11) is 0. The minimum atomic E-state index is -4.62. The van der Waals surface area contributed by atoms with Crippen LogP contribution < -0.4 is 5.32 Å². The second-order valence-corrected chi connectivity index (χ2v) is 9.53. The first-order valence-corrected chi connectivity index (χ1v) is 11.6. The molecule has 35 heavy (non-hydrogen) atoms. The van der Waals surface area contributed by atoms with E-state index in [0.29, 0.717) is 27.0 Å². The zero-order valence-corrected chi connectivity index (χ0v) is 20.1. The Kier molecular flexibility index (Phi) is 7.02. The van der Waals surface area contributed by atoms with Crippen molar-refractivity contribution < 1.29 is 27.5 Å². The van der Waals surface area contributed by atoms with Crippen LogP contribution in [-0.4, -0.2) is 23.0 Å². The van der Waals surface area contributed by atoms with Crippen molar-refractivity contribution >= 4 is 63.0 Å². The molecular formula is C24H15Cl2F3N2O3S. The third-order valence-electron chi connectivity index (χ3n) is 4.97. The van der Waals surface area contributed by atoms with E-state index in [9.17, 15) is 22.8 Å². The van der Waals surface area contributed by atoms with Crippen LogP contribution in [0.1, 0.15) is 22.8 Å². The third-order valence-corrected chi connectivity index (χ3v) is 6.55. The van der Waals surface area contributed by atoms with Crippen LogP contribution in [0.3, 0.4) is 0 Å². The Balaban J connectivity index is 1.58. The maximum absolute atomic E-state index is 13.0. The van der Waals surface area contributed by atoms with Crippen LogP contribution in [0.5, 0.6) is 0 Å². The molecule has 4 aromatic rings. The third kappa shape index (κ3) is 5.58. The number of rotatable bonds is 5. The van der Waals surface area contributed by atoms with Gasteiger partial charge in [0.15, 0.2) is 6.10 Å². The Morgan fingerprint density at radius 2 is 1.80 bits per heavy atom. The first-order valence-electron chi connectivity index (χ1n) is 10.1. The van der Waals surface area contributed by atoms with E-state index in [2.05, 4.69) is 10.3 Å². The van der Waals surface area contributed by atoms with Gasteiger partial charge in [0.05, 0.1) is 42.3 Å². The molecule has 0 saturated carbocycles. The van der Waals surface area contributed by atoms with Gasteiger partial charge in [-0.25, -0.2) is 9.78 Å². The summed E-state index contributed by atoms with van der Waals surface area (Å²) in [5.74, 6) is -1.64. The molecule has 0 unspecified atom stereocenters. The van der Waals surface area contributed by atoms with Crippen molar-refractivity contribution in [3.63, 3.8) is 0 Å². The molecule has 0 bridgehead atoms. The summed E-state index contributed by atoms with van der Waals surface area (Å²) < 4.78 is 44.9. The average molecular weight is 539 g/mol. The summed E-state index contributed by atoms with van der Waals surface area (Å²) in [6, 6.07) is 14.5. The van der Waals surface area contributed by atoms with Crippen molar-refractivity contribution in [3.05, 3.63) is 81.1 Å². The molecule has 1 N–H and O–H groups in total. The molecule has 2 heterocycles. The number of pyridine rings is 1. The van der Waals surface area contributed by atoms with E-state index < -0.39 is 29.7 Å². The lowest BCUT2D eigenvalue weighted by Gasteiger charge is -2.16. The number of carbonyl (C=O) groups excluding carboxylic acids is 2. The average Bonchev–Trinajstić information content (AvgIpc) is 3.25. The molecule has 0 aliphatic heterocycles. The van der Waals surface area contributed by atoms with Crippen molar-refractivity contribution in [2.45, 2.75) is 19.2 Å². The molecule has 2 aromatic heterocycles. The predicted molar refractivity (Wildman–Crippen MR) is 130 cm³/mol. The zero-order chi connectivity index (χ0) is 25.3. The van der Waals surface area contributed by atoms with Gasteiger partial charge < -0.3 is 10.1 Å². The van der Waals surface area contributed by atoms with Gasteiger partial charge >= 0.3 is 12.1 Å². The normalized spacial score (nSPS) is 12.4. The maximum atomic E-state index is 13.0. The summed E-state index contributed by atoms with van der Waals surface area (Å²) in [4.78, 5) is 30.9. The summed E-state index contributed by atoms with van der Waals surface area (Å²) in [5, 5.41) is 2.70. The van der Waals surface area contributed by atoms with Gasteiger partial charge in [0.2, 0.25) is 0 Å². The minimum absolute atomic E-state index is 0.0933. The number of halogens is 5. The minimum Gasteiger partial charge on any atom is -0.449 e. The van der Waals surface area contributed by atoms with Crippen LogP contribution in [-0.2, 0) is 15.7 Å². The molecule has 0 aliphatic rings. The summed E-state index contributed by atoms with van der Waals surface area (Å²) in [6.45, 7) is 1.30. The standard InChI is InChI=1S/C24H15Cl2F3N2O3S/c1-12(22(32)31-18-10-13(24(27,28)29)6-7-16(18)25)34-23(33)15-11-19(20-8-9-21(26)35-20)30-17-5-3-2-4-14(15)17/h2-12H,1H3,(H,31,32)/t12-/m1/s1. The highest BCUT2D eigenvalue weighted by Gasteiger charge is 2.31. The summed E-state index contributed by atoms with van der Waals surface area (Å²) in [6.07, 6.45) is -5.95. The molecular weight excluding hydrogens is 524 g/mol. The number of hydrogen-bond donors (Lipinski definition) is 1. The van der Waals surface area contributed by atoms with Crippen molar-refractivity contribution in [1.82, 2.24) is 4.98 Å². The number of amides is 1. The van der Waals surface area contributed by atoms with Gasteiger partial charge in [-0.1, -0.05) is 41.4 Å². The van der Waals surface area contributed by atoms with E-state index in [1.54, 1.807) is 42.5 Å². The van der Waals surface area contributed by atoms with E-state index in [1.807, 2.05) is 0 Å². The van der Waals surface area contributed by atoms with Gasteiger partial charge in [-0.3, -0.25) is 4.79 Å². The Labute approximate surface area is 211 Å². The number of alkyl halides is 3. The Bertz CT molecular complexity index is 1440. The Morgan fingerprint density at radius 1 is 1.06 bits per heavy atom. The van der Waals surface area contributed by atoms with Crippen LogP contribution >= 0.6 is 34.5 Å². The van der Waals surface area contributed by atoms with Crippen molar-refractivity contribution in [1.29, 1.82) is 0 Å². The van der Waals surface area contributed by atoms with Crippen LogP contribution in [0.25, 0.3) is 21.5 Å². The number of para-hydroxylation sites is 1. The van der Waals surface area contributed by atoms with Gasteiger partial charge in [-0.05, 0) is 49.4 Å². The molecule has 1 amide bonds. The highest BCUT2D eigenvalue weighted by molar-refractivity contribution is 7.19. The van der Waals surface area contributed by atoms with Gasteiger partial charge in [0.1, 0.15) is 0 Å². The van der Waals surface area contributed by atoms with E-state index in [0.717, 1.165) is 17.0 Å². The molecule has 0 fully saturated rings. The van der Waals surface area contributed by atoms with Crippen LogP contribution in [0, 0.1) is 0 Å². The SMILES string of the molecule is C[C@@H](OC(=O)c1cc(-c2ccc(Cl)s2)nc2ccccc12)C(=O)Nc1cc(C(F)(F)F)ccc1Cl. The quantitative estimate of drug-likeness (QED) is 0.267. The van der Waals surface area contributed by atoms with Crippen LogP contribution in [0.4, 0.5) is 18.9 Å². The summed E-state index contributed by atoms with van der Waals surface area (Å²) >= 11 is 13.3. The molecule has 0 saturated heterocycles. The lowest BCUT2D eigenvalue weighted by atomic mass is 10.1. The fourth-order valence-electron chi connectivity index (χ4n) is 3.23. The van der Waals surface area contributed by atoms with Crippen LogP contribution in [0.15, 0.2) is 60.7 Å². The first kappa shape index (κ1) is 25.0. The molecule has 4 rings (SSSR count). The molecule has 180 valence electrons. The lowest BCUT2D eigenvalue weighted by Crippen LogP contribution is -2.30. The number of thiophene rings is 1. The number of nitrogens with one attached hydrogen (secondary N) is 1. The highest BCUT2D eigenvalue weighted by atomic mass is 35.5. The number of aromatic nitrogens is 1. The number of benzene rings is 2. The van der Waals surface area contributed by atoms with Gasteiger partial charge in [0.25, 0.3) is 5.91 Å². The Hall–Kier alpha value is -3.14. The van der Waals surface area contributed by atoms with E-state index >= 15 is 0 Å². The Morgan fingerprint density at radius 3 is 2.49 bits per heavy atom. The second kappa shape index (κ2) is 9.85. The van der Waals surface area contributed by atoms with Crippen molar-refractivity contribution in [2.24, 2.45) is 0 Å². The summed E-state index contributed by atoms with van der Waals surface area (Å²) in [5.41, 5.74) is -0.0199. The number of ether oxygens (including phenoxy) is 1. The number of hydrogen-bond acceptors (Lipinski definition) is 5. The molecule has 11 heteroatoms. The molecule has 0 radical (unpaired) electrons. The molecule has 0 spiro atoms. The number of esters is 1. The van der Waals surface area contributed by atoms with Gasteiger partial charge in [-0.15, -0.1) is 11.3 Å². The molecule has 1 atom stereocenters. The second-order valence-electron chi connectivity index (χ2n) is 7.41. The monoisotopic (exact) mass is 538 g/mol. The lowest BCUT2D eigenvalue weighted by molar-refractivity contribution is -0.137. The predicted octanol–water partition coefficient (Wildman–Crippen LogP) is 7.47. The fraction of sp³-hybridized carbons (Fsp3) is 0.125. The van der Waals surface area contributed by atoms with E-state index in [-0.39, 0.29) is 16.3 Å². The zero-order valence-electron chi connectivity index (χ0n) is 17.8. The number of anilines is 1. The molecule has 2 aromatic carbocycles. The van der Waals surface area contributed by atoms with E-state index in [4.69, 9.17) is 27.9 Å². The van der Waals surface area contributed by atoms with Crippen molar-refractivity contribution in [2.75, 3.05) is 5.32 Å². The first-order chi connectivity index (χ1) is 16.5. The number of nitrogens with zero attached hydrogens (tertiary/aromatic N) is 1. The number of fused-ring (bicyclic) bond motifs is 1. The topological polar surface area (TPSA) is 68.3 Å². The smallest absolute Gasteiger partial charge is 0.416 e. The van der Waals surface area contributed by atoms with Crippen molar-refractivity contribution in [3.8, 4) is 10.6 Å². The highest BCUT2D eigenvalue weighted by Crippen LogP contribution is 2.34. The largest absolute Gasteiger partial charge is 0.449 e. The van der Waals surface area contributed by atoms with Crippen LogP contribution in [0.2, 0.25) is 9.36 Å².